The molecule has 0 atom stereocenters. The van der Waals surface area contributed by atoms with E-state index in [1.165, 1.54) is 27.7 Å². The van der Waals surface area contributed by atoms with Gasteiger partial charge >= 0.3 is 181 Å². The molecule has 146 valence electrons. The molecule has 0 saturated carbocycles. The zero-order valence-electron chi connectivity index (χ0n) is 16.1. The van der Waals surface area contributed by atoms with Crippen LogP contribution < -0.4 is 15.9 Å². The Hall–Kier alpha value is -1.41. The summed E-state index contributed by atoms with van der Waals surface area (Å²) in [5, 5.41) is 1.46. The van der Waals surface area contributed by atoms with Gasteiger partial charge in [-0.15, -0.1) is 0 Å². The molecule has 0 bridgehead atoms. The van der Waals surface area contributed by atoms with E-state index in [2.05, 4.69) is 106 Å². The van der Waals surface area contributed by atoms with Crippen LogP contribution in [0.4, 0.5) is 0 Å². The van der Waals surface area contributed by atoms with Crippen molar-refractivity contribution in [1.82, 2.24) is 0 Å². The molecule has 3 rings (SSSR count). The first-order chi connectivity index (χ1) is 13.6. The number of rotatable bonds is 8. The summed E-state index contributed by atoms with van der Waals surface area (Å²) in [6.45, 7) is 1.65. The molecular formula is C24H26BrOPS. The predicted molar refractivity (Wildman–Crippen MR) is 131 cm³/mol. The summed E-state index contributed by atoms with van der Waals surface area (Å²) >= 11 is 5.88. The van der Waals surface area contributed by atoms with E-state index in [1.54, 1.807) is 6.92 Å². The average molecular weight is 473 g/mol. The molecule has 0 aliphatic rings. The van der Waals surface area contributed by atoms with Crippen molar-refractivity contribution in [3.63, 3.8) is 0 Å². The van der Waals surface area contributed by atoms with E-state index in [0.29, 0.717) is 0 Å². The quantitative estimate of drug-likeness (QED) is 0.300. The number of halogens is 1. The Bertz CT molecular complexity index is 800. The molecule has 0 N–H and O–H groups in total. The minimum atomic E-state index is -2.79. The number of hydrogen-bond acceptors (Lipinski definition) is 2. The summed E-state index contributed by atoms with van der Waals surface area (Å²) in [6.07, 6.45) is 3.12. The zero-order chi connectivity index (χ0) is 19.9. The van der Waals surface area contributed by atoms with Gasteiger partial charge in [-0.1, -0.05) is 0 Å². The van der Waals surface area contributed by atoms with E-state index in [1.807, 2.05) is 0 Å². The van der Waals surface area contributed by atoms with Crippen molar-refractivity contribution in [2.45, 2.75) is 19.8 Å². The van der Waals surface area contributed by atoms with Crippen molar-refractivity contribution < 1.29 is 4.79 Å². The monoisotopic (exact) mass is 472 g/mol. The first-order valence-corrected chi connectivity index (χ1v) is 15.0. The fraction of sp³-hybridized carbons (Fsp3) is 0.208. The number of unbranched alkanes of at least 4 members (excludes halogenated alkanes) is 1. The Balaban J connectivity index is 2.12. The van der Waals surface area contributed by atoms with Crippen molar-refractivity contribution >= 4 is 53.6 Å². The Morgan fingerprint density at radius 2 is 1.14 bits per heavy atom. The van der Waals surface area contributed by atoms with Crippen LogP contribution in [-0.4, -0.2) is 17.0 Å². The van der Waals surface area contributed by atoms with Crippen molar-refractivity contribution in [3.05, 3.63) is 91.0 Å². The fourth-order valence-corrected chi connectivity index (χ4v) is 12.2. The Morgan fingerprint density at radius 1 is 0.750 bits per heavy atom. The summed E-state index contributed by atoms with van der Waals surface area (Å²) in [6, 6.07) is 32.6. The van der Waals surface area contributed by atoms with Gasteiger partial charge in [-0.2, -0.15) is 0 Å². The van der Waals surface area contributed by atoms with E-state index in [4.69, 9.17) is 0 Å². The van der Waals surface area contributed by atoms with E-state index < -0.39 is 5.31 Å². The first-order valence-electron chi connectivity index (χ1n) is 9.59. The number of carbonyl (C=O) groups is 1. The molecule has 0 heterocycles. The van der Waals surface area contributed by atoms with Crippen molar-refractivity contribution in [2.75, 3.05) is 11.9 Å². The van der Waals surface area contributed by atoms with Crippen LogP contribution in [0.15, 0.2) is 91.0 Å². The molecule has 0 fully saturated rings. The third-order valence-electron chi connectivity index (χ3n) is 5.16. The zero-order valence-corrected chi connectivity index (χ0v) is 19.4. The number of hydrogen-bond donors (Lipinski definition) is 0. The SMILES string of the molecule is CC(=O)SCCCCP(Br)(c1ccccc1)(c1ccccc1)c1ccccc1. The Labute approximate surface area is 180 Å². The third kappa shape index (κ3) is 4.27. The van der Waals surface area contributed by atoms with Crippen LogP contribution in [0.1, 0.15) is 19.8 Å². The summed E-state index contributed by atoms with van der Waals surface area (Å²) in [5.74, 6) is 0.882. The molecule has 0 spiro atoms. The molecule has 0 saturated heterocycles. The molecule has 0 radical (unpaired) electrons. The van der Waals surface area contributed by atoms with Crippen molar-refractivity contribution in [3.8, 4) is 0 Å². The van der Waals surface area contributed by atoms with Crippen LogP contribution in [-0.2, 0) is 4.79 Å². The van der Waals surface area contributed by atoms with Gasteiger partial charge in [-0.25, -0.2) is 0 Å². The topological polar surface area (TPSA) is 17.1 Å². The molecular weight excluding hydrogens is 447 g/mol. The Morgan fingerprint density at radius 3 is 1.50 bits per heavy atom. The van der Waals surface area contributed by atoms with Gasteiger partial charge in [0, 0.05) is 0 Å². The number of thioether (sulfide) groups is 1. The van der Waals surface area contributed by atoms with Crippen LogP contribution >= 0.6 is 32.6 Å². The summed E-state index contributed by atoms with van der Waals surface area (Å²) in [5.41, 5.74) is 0. The summed E-state index contributed by atoms with van der Waals surface area (Å²) < 4.78 is 0. The van der Waals surface area contributed by atoms with Crippen molar-refractivity contribution in [2.24, 2.45) is 0 Å². The molecule has 4 heteroatoms. The number of carbonyl (C=O) groups excluding carboxylic acids is 1. The molecule has 0 unspecified atom stereocenters. The van der Waals surface area contributed by atoms with Gasteiger partial charge in [0.25, 0.3) is 0 Å². The maximum absolute atomic E-state index is 11.3. The molecule has 0 aliphatic carbocycles. The van der Waals surface area contributed by atoms with E-state index in [0.717, 1.165) is 24.8 Å². The molecule has 0 aromatic heterocycles. The van der Waals surface area contributed by atoms with Gasteiger partial charge < -0.3 is 0 Å². The third-order valence-corrected chi connectivity index (χ3v) is 16.1. The van der Waals surface area contributed by atoms with Crippen LogP contribution in [0.2, 0.25) is 0 Å². The predicted octanol–water partition coefficient (Wildman–Crippen LogP) is 5.89. The van der Waals surface area contributed by atoms with Gasteiger partial charge in [0.1, 0.15) is 0 Å². The average Bonchev–Trinajstić information content (AvgIpc) is 2.75. The van der Waals surface area contributed by atoms with E-state index >= 15 is 0 Å². The van der Waals surface area contributed by atoms with E-state index in [9.17, 15) is 4.79 Å². The molecule has 0 aliphatic heterocycles. The van der Waals surface area contributed by atoms with Gasteiger partial charge in [0.15, 0.2) is 0 Å². The van der Waals surface area contributed by atoms with Gasteiger partial charge in [0.05, 0.1) is 0 Å². The molecule has 3 aromatic rings. The standard InChI is InChI=1S/C24H26BrOPS/c1-21(26)28-20-12-11-19-27(25,22-13-5-2-6-14-22,23-15-7-3-8-16-23)24-17-9-4-10-18-24/h2-10,13-18H,11-12,19-20H2,1H3. The molecule has 1 nitrogen and oxygen atoms in total. The first kappa shape index (κ1) is 21.3. The van der Waals surface area contributed by atoms with Crippen LogP contribution in [0.3, 0.4) is 0 Å². The van der Waals surface area contributed by atoms with Crippen LogP contribution in [0.25, 0.3) is 0 Å². The summed E-state index contributed by atoms with van der Waals surface area (Å²) in [4.78, 5) is 11.3. The van der Waals surface area contributed by atoms with Gasteiger partial charge in [-0.3, -0.25) is 0 Å². The maximum atomic E-state index is 11.3. The van der Waals surface area contributed by atoms with Crippen LogP contribution in [0, 0.1) is 0 Å². The minimum absolute atomic E-state index is 0.200. The van der Waals surface area contributed by atoms with E-state index in [-0.39, 0.29) is 5.12 Å². The fourth-order valence-electron chi connectivity index (χ4n) is 3.78. The van der Waals surface area contributed by atoms with Crippen molar-refractivity contribution in [1.29, 1.82) is 0 Å². The molecule has 3 aromatic carbocycles. The Kier molecular flexibility index (Phi) is 7.15. The van der Waals surface area contributed by atoms with Crippen LogP contribution in [0.5, 0.6) is 0 Å². The second-order valence-electron chi connectivity index (χ2n) is 6.96. The molecule has 0 amide bonds. The summed E-state index contributed by atoms with van der Waals surface area (Å²) in [7, 11) is 0. The number of benzene rings is 3. The second kappa shape index (κ2) is 9.39. The molecule has 28 heavy (non-hydrogen) atoms. The van der Waals surface area contributed by atoms with Gasteiger partial charge in [0.2, 0.25) is 0 Å². The van der Waals surface area contributed by atoms with Gasteiger partial charge in [-0.05, 0) is 0 Å². The second-order valence-corrected chi connectivity index (χ2v) is 17.3. The normalized spacial score (nSPS) is 12.9.